The molecule has 0 unspecified atom stereocenters. The van der Waals surface area contributed by atoms with Gasteiger partial charge in [0.2, 0.25) is 0 Å². The van der Waals surface area contributed by atoms with Crippen molar-refractivity contribution in [3.63, 3.8) is 0 Å². The molecule has 0 atom stereocenters. The molecule has 1 fully saturated rings. The van der Waals surface area contributed by atoms with E-state index >= 15 is 0 Å². The molecule has 0 radical (unpaired) electrons. The van der Waals surface area contributed by atoms with E-state index in [1.807, 2.05) is 24.1 Å². The van der Waals surface area contributed by atoms with Crippen LogP contribution < -0.4 is 0 Å². The molecule has 0 aliphatic heterocycles. The highest BCUT2D eigenvalue weighted by molar-refractivity contribution is 7.98. The number of thioether (sulfide) groups is 1. The maximum Gasteiger partial charge on any atom is 0.274 e. The molecule has 4 nitrogen and oxygen atoms in total. The van der Waals surface area contributed by atoms with Crippen LogP contribution in [-0.2, 0) is 13.1 Å². The van der Waals surface area contributed by atoms with Crippen molar-refractivity contribution < 1.29 is 4.79 Å². The summed E-state index contributed by atoms with van der Waals surface area (Å²) in [4.78, 5) is 15.9. The molecular formula is C17H21N3OS. The van der Waals surface area contributed by atoms with Crippen molar-refractivity contribution in [3.05, 3.63) is 47.8 Å². The van der Waals surface area contributed by atoms with Crippen LogP contribution in [0.3, 0.4) is 0 Å². The van der Waals surface area contributed by atoms with Gasteiger partial charge in [-0.1, -0.05) is 12.1 Å². The third kappa shape index (κ3) is 3.35. The Morgan fingerprint density at radius 2 is 2.05 bits per heavy atom. The van der Waals surface area contributed by atoms with Crippen LogP contribution in [-0.4, -0.2) is 32.9 Å². The first-order valence-corrected chi connectivity index (χ1v) is 8.91. The van der Waals surface area contributed by atoms with E-state index in [0.717, 1.165) is 19.4 Å². The summed E-state index contributed by atoms with van der Waals surface area (Å²) in [6.07, 6.45) is 6.14. The van der Waals surface area contributed by atoms with Gasteiger partial charge in [-0.15, -0.1) is 11.8 Å². The van der Waals surface area contributed by atoms with Crippen LogP contribution in [0.15, 0.2) is 41.4 Å². The number of hydrogen-bond acceptors (Lipinski definition) is 3. The number of rotatable bonds is 6. The van der Waals surface area contributed by atoms with Crippen molar-refractivity contribution in [1.82, 2.24) is 14.7 Å². The molecule has 0 N–H and O–H groups in total. The average molecular weight is 315 g/mol. The molecule has 1 aromatic heterocycles. The Morgan fingerprint density at radius 1 is 1.32 bits per heavy atom. The zero-order chi connectivity index (χ0) is 15.5. The van der Waals surface area contributed by atoms with Gasteiger partial charge in [0, 0.05) is 30.2 Å². The van der Waals surface area contributed by atoms with Gasteiger partial charge in [-0.2, -0.15) is 5.10 Å². The molecule has 1 aromatic carbocycles. The van der Waals surface area contributed by atoms with E-state index in [1.54, 1.807) is 16.4 Å². The molecule has 1 heterocycles. The predicted molar refractivity (Wildman–Crippen MR) is 89.0 cm³/mol. The largest absolute Gasteiger partial charge is 0.330 e. The third-order valence-electron chi connectivity index (χ3n) is 3.94. The highest BCUT2D eigenvalue weighted by atomic mass is 32.2. The molecule has 1 aliphatic rings. The van der Waals surface area contributed by atoms with Gasteiger partial charge < -0.3 is 4.90 Å². The second-order valence-electron chi connectivity index (χ2n) is 5.57. The lowest BCUT2D eigenvalue weighted by Crippen LogP contribution is -2.33. The van der Waals surface area contributed by atoms with E-state index in [4.69, 9.17) is 0 Å². The SMILES string of the molecule is CCn1ccc(C(=O)N(Cc2ccc(SC)cc2)C2CC2)n1. The van der Waals surface area contributed by atoms with Gasteiger partial charge in [-0.25, -0.2) is 0 Å². The summed E-state index contributed by atoms with van der Waals surface area (Å²) in [6, 6.07) is 10.6. The first kappa shape index (κ1) is 15.2. The van der Waals surface area contributed by atoms with Crippen molar-refractivity contribution in [1.29, 1.82) is 0 Å². The molecule has 1 amide bonds. The Labute approximate surface area is 135 Å². The van der Waals surface area contributed by atoms with Crippen molar-refractivity contribution >= 4 is 17.7 Å². The first-order valence-electron chi connectivity index (χ1n) is 7.68. The predicted octanol–water partition coefficient (Wildman–Crippen LogP) is 3.43. The molecule has 1 saturated carbocycles. The van der Waals surface area contributed by atoms with Crippen molar-refractivity contribution in [2.45, 2.75) is 43.8 Å². The lowest BCUT2D eigenvalue weighted by molar-refractivity contribution is 0.0723. The molecule has 2 aromatic rings. The van der Waals surface area contributed by atoms with E-state index in [0.29, 0.717) is 18.3 Å². The Kier molecular flexibility index (Phi) is 4.52. The fraction of sp³-hybridized carbons (Fsp3) is 0.412. The lowest BCUT2D eigenvalue weighted by atomic mass is 10.2. The molecule has 0 saturated heterocycles. The minimum absolute atomic E-state index is 0.0450. The normalized spacial score (nSPS) is 14.1. The summed E-state index contributed by atoms with van der Waals surface area (Å²) in [5, 5.41) is 4.35. The molecule has 5 heteroatoms. The van der Waals surface area contributed by atoms with Crippen LogP contribution in [0.4, 0.5) is 0 Å². The summed E-state index contributed by atoms with van der Waals surface area (Å²) >= 11 is 1.73. The van der Waals surface area contributed by atoms with Gasteiger partial charge in [0.05, 0.1) is 0 Å². The van der Waals surface area contributed by atoms with Gasteiger partial charge >= 0.3 is 0 Å². The smallest absolute Gasteiger partial charge is 0.274 e. The van der Waals surface area contributed by atoms with Crippen LogP contribution in [0.25, 0.3) is 0 Å². The van der Waals surface area contributed by atoms with Crippen molar-refractivity contribution in [3.8, 4) is 0 Å². The lowest BCUT2D eigenvalue weighted by Gasteiger charge is -2.21. The topological polar surface area (TPSA) is 38.1 Å². The minimum atomic E-state index is 0.0450. The van der Waals surface area contributed by atoms with Gasteiger partial charge in [0.15, 0.2) is 0 Å². The van der Waals surface area contributed by atoms with Crippen molar-refractivity contribution in [2.24, 2.45) is 0 Å². The highest BCUT2D eigenvalue weighted by Gasteiger charge is 2.33. The van der Waals surface area contributed by atoms with Crippen LogP contribution in [0.5, 0.6) is 0 Å². The Morgan fingerprint density at radius 3 is 2.59 bits per heavy atom. The monoisotopic (exact) mass is 315 g/mol. The second-order valence-corrected chi connectivity index (χ2v) is 6.45. The quantitative estimate of drug-likeness (QED) is 0.767. The van der Waals surface area contributed by atoms with E-state index in [1.165, 1.54) is 10.5 Å². The van der Waals surface area contributed by atoms with Gasteiger partial charge in [0.25, 0.3) is 5.91 Å². The molecule has 3 rings (SSSR count). The van der Waals surface area contributed by atoms with Crippen molar-refractivity contribution in [2.75, 3.05) is 6.26 Å². The van der Waals surface area contributed by atoms with E-state index in [2.05, 4.69) is 35.6 Å². The average Bonchev–Trinajstić information content (AvgIpc) is 3.28. The number of carbonyl (C=O) groups is 1. The van der Waals surface area contributed by atoms with Gasteiger partial charge in [0.1, 0.15) is 5.69 Å². The number of hydrogen-bond donors (Lipinski definition) is 0. The fourth-order valence-electron chi connectivity index (χ4n) is 2.48. The van der Waals surface area contributed by atoms with E-state index in [9.17, 15) is 4.79 Å². The van der Waals surface area contributed by atoms with Crippen LogP contribution >= 0.6 is 11.8 Å². The van der Waals surface area contributed by atoms with Gasteiger partial charge in [-0.3, -0.25) is 9.48 Å². The Balaban J connectivity index is 1.75. The number of aryl methyl sites for hydroxylation is 1. The maximum atomic E-state index is 12.7. The zero-order valence-corrected chi connectivity index (χ0v) is 13.8. The number of nitrogens with zero attached hydrogens (tertiary/aromatic N) is 3. The van der Waals surface area contributed by atoms with Crippen LogP contribution in [0.2, 0.25) is 0 Å². The summed E-state index contributed by atoms with van der Waals surface area (Å²) in [7, 11) is 0. The summed E-state index contributed by atoms with van der Waals surface area (Å²) in [6.45, 7) is 3.47. The summed E-state index contributed by atoms with van der Waals surface area (Å²) in [5.74, 6) is 0.0450. The fourth-order valence-corrected chi connectivity index (χ4v) is 2.89. The number of amides is 1. The highest BCUT2D eigenvalue weighted by Crippen LogP contribution is 2.30. The number of aromatic nitrogens is 2. The summed E-state index contributed by atoms with van der Waals surface area (Å²) < 4.78 is 1.80. The van der Waals surface area contributed by atoms with Crippen LogP contribution in [0.1, 0.15) is 35.8 Å². The standard InChI is InChI=1S/C17H21N3OS/c1-3-19-11-10-16(18-19)17(21)20(14-6-7-14)12-13-4-8-15(22-2)9-5-13/h4-5,8-11,14H,3,6-7,12H2,1-2H3. The molecule has 0 spiro atoms. The molecule has 22 heavy (non-hydrogen) atoms. The van der Waals surface area contributed by atoms with Gasteiger partial charge in [-0.05, 0) is 49.8 Å². The Bertz CT molecular complexity index is 646. The van der Waals surface area contributed by atoms with Crippen LogP contribution in [0, 0.1) is 0 Å². The molecule has 1 aliphatic carbocycles. The third-order valence-corrected chi connectivity index (χ3v) is 4.69. The van der Waals surface area contributed by atoms with E-state index < -0.39 is 0 Å². The first-order chi connectivity index (χ1) is 10.7. The Hall–Kier alpha value is -1.75. The zero-order valence-electron chi connectivity index (χ0n) is 13.0. The molecular weight excluding hydrogens is 294 g/mol. The number of carbonyl (C=O) groups excluding carboxylic acids is 1. The summed E-state index contributed by atoms with van der Waals surface area (Å²) in [5.41, 5.74) is 1.72. The second kappa shape index (κ2) is 6.57. The minimum Gasteiger partial charge on any atom is -0.330 e. The number of benzene rings is 1. The van der Waals surface area contributed by atoms with E-state index in [-0.39, 0.29) is 5.91 Å². The maximum absolute atomic E-state index is 12.7. The molecule has 116 valence electrons. The molecule has 0 bridgehead atoms.